The lowest BCUT2D eigenvalue weighted by molar-refractivity contribution is -0.0138. The number of halogens is 2. The van der Waals surface area contributed by atoms with Gasteiger partial charge in [0.15, 0.2) is 0 Å². The molecule has 5 nitrogen and oxygen atoms in total. The molecule has 1 aromatic carbocycles. The Bertz CT molecular complexity index is 541. The number of ether oxygens (including phenoxy) is 1. The number of hydrogen-bond donors (Lipinski definition) is 1. The molecule has 1 atom stereocenters. The standard InChI is InChI=1S/C17H24F2N2O3/c1-12(2)24-11-13(22)10-20-6-8-21(9-7-20)17(23)16-14(18)4-3-5-15(16)19/h3-5,12-13,22H,6-11H2,1-2H3. The number of nitrogens with zero attached hydrogens (tertiary/aromatic N) is 2. The first-order valence-corrected chi connectivity index (χ1v) is 8.13. The maximum absolute atomic E-state index is 13.7. The molecule has 0 saturated carbocycles. The van der Waals surface area contributed by atoms with Crippen LogP contribution in [0.3, 0.4) is 0 Å². The van der Waals surface area contributed by atoms with Crippen LogP contribution in [-0.2, 0) is 4.74 Å². The van der Waals surface area contributed by atoms with Crippen molar-refractivity contribution in [3.8, 4) is 0 Å². The van der Waals surface area contributed by atoms with Gasteiger partial charge in [-0.1, -0.05) is 6.07 Å². The molecule has 0 bridgehead atoms. The SMILES string of the molecule is CC(C)OCC(O)CN1CCN(C(=O)c2c(F)cccc2F)CC1. The minimum Gasteiger partial charge on any atom is -0.389 e. The van der Waals surface area contributed by atoms with E-state index in [2.05, 4.69) is 0 Å². The summed E-state index contributed by atoms with van der Waals surface area (Å²) in [4.78, 5) is 15.8. The molecule has 0 radical (unpaired) electrons. The number of aliphatic hydroxyl groups is 1. The van der Waals surface area contributed by atoms with Gasteiger partial charge in [0.2, 0.25) is 0 Å². The molecule has 1 heterocycles. The van der Waals surface area contributed by atoms with Crippen molar-refractivity contribution >= 4 is 5.91 Å². The van der Waals surface area contributed by atoms with Crippen molar-refractivity contribution in [2.45, 2.75) is 26.1 Å². The highest BCUT2D eigenvalue weighted by Gasteiger charge is 2.27. The topological polar surface area (TPSA) is 53.0 Å². The molecule has 0 spiro atoms. The Labute approximate surface area is 140 Å². The number of β-amino-alcohol motifs (C(OH)–C–C–N with tert-alkyl or cyclic N) is 1. The summed E-state index contributed by atoms with van der Waals surface area (Å²) in [5.41, 5.74) is -0.503. The average molecular weight is 342 g/mol. The molecule has 1 N–H and O–H groups in total. The minimum atomic E-state index is -0.844. The predicted molar refractivity (Wildman–Crippen MR) is 85.8 cm³/mol. The van der Waals surface area contributed by atoms with Crippen LogP contribution in [0.5, 0.6) is 0 Å². The molecule has 134 valence electrons. The zero-order valence-corrected chi connectivity index (χ0v) is 14.0. The molecule has 1 aliphatic rings. The van der Waals surface area contributed by atoms with Crippen molar-refractivity contribution in [3.05, 3.63) is 35.4 Å². The van der Waals surface area contributed by atoms with E-state index in [1.165, 1.54) is 11.0 Å². The number of hydrogen-bond acceptors (Lipinski definition) is 4. The summed E-state index contributed by atoms with van der Waals surface area (Å²) in [5.74, 6) is -2.32. The number of aliphatic hydroxyl groups excluding tert-OH is 1. The normalized spacial score (nSPS) is 17.3. The Balaban J connectivity index is 1.85. The first-order chi connectivity index (χ1) is 11.4. The van der Waals surface area contributed by atoms with Gasteiger partial charge in [-0.3, -0.25) is 9.69 Å². The van der Waals surface area contributed by atoms with E-state index in [0.29, 0.717) is 32.7 Å². The number of carbonyl (C=O) groups is 1. The fourth-order valence-electron chi connectivity index (χ4n) is 2.65. The maximum atomic E-state index is 13.7. The van der Waals surface area contributed by atoms with E-state index in [-0.39, 0.29) is 12.7 Å². The second-order valence-electron chi connectivity index (χ2n) is 6.23. The van der Waals surface area contributed by atoms with Gasteiger partial charge in [-0.2, -0.15) is 0 Å². The first kappa shape index (κ1) is 18.8. The quantitative estimate of drug-likeness (QED) is 0.851. The van der Waals surface area contributed by atoms with E-state index in [1.54, 1.807) is 0 Å². The van der Waals surface area contributed by atoms with E-state index in [0.717, 1.165) is 12.1 Å². The van der Waals surface area contributed by atoms with Crippen LogP contribution in [-0.4, -0.2) is 72.4 Å². The van der Waals surface area contributed by atoms with Crippen LogP contribution in [0.2, 0.25) is 0 Å². The third-order valence-corrected chi connectivity index (χ3v) is 3.93. The number of amides is 1. The Hall–Kier alpha value is -1.57. The van der Waals surface area contributed by atoms with Crippen LogP contribution < -0.4 is 0 Å². The fraction of sp³-hybridized carbons (Fsp3) is 0.588. The molecule has 24 heavy (non-hydrogen) atoms. The highest BCUT2D eigenvalue weighted by molar-refractivity contribution is 5.94. The van der Waals surface area contributed by atoms with Crippen LogP contribution in [0.4, 0.5) is 8.78 Å². The maximum Gasteiger partial charge on any atom is 0.259 e. The molecule has 7 heteroatoms. The van der Waals surface area contributed by atoms with Crippen molar-refractivity contribution in [3.63, 3.8) is 0 Å². The number of piperazine rings is 1. The molecule has 1 saturated heterocycles. The van der Waals surface area contributed by atoms with E-state index in [4.69, 9.17) is 4.74 Å². The second-order valence-corrected chi connectivity index (χ2v) is 6.23. The van der Waals surface area contributed by atoms with Gasteiger partial charge in [0.25, 0.3) is 5.91 Å². The average Bonchev–Trinajstić information content (AvgIpc) is 2.53. The zero-order valence-electron chi connectivity index (χ0n) is 14.0. The second kappa shape index (κ2) is 8.50. The Kier molecular flexibility index (Phi) is 6.65. The van der Waals surface area contributed by atoms with Crippen molar-refractivity contribution in [1.29, 1.82) is 0 Å². The highest BCUT2D eigenvalue weighted by Crippen LogP contribution is 2.16. The lowest BCUT2D eigenvalue weighted by Crippen LogP contribution is -2.51. The summed E-state index contributed by atoms with van der Waals surface area (Å²) in [7, 11) is 0. The lowest BCUT2D eigenvalue weighted by Gasteiger charge is -2.35. The third-order valence-electron chi connectivity index (χ3n) is 3.93. The summed E-state index contributed by atoms with van der Waals surface area (Å²) < 4.78 is 32.8. The molecule has 1 aliphatic heterocycles. The van der Waals surface area contributed by atoms with Crippen molar-refractivity contribution in [2.75, 3.05) is 39.3 Å². The van der Waals surface area contributed by atoms with Gasteiger partial charge in [-0.25, -0.2) is 8.78 Å². The van der Waals surface area contributed by atoms with Gasteiger partial charge < -0.3 is 14.7 Å². The van der Waals surface area contributed by atoms with Gasteiger partial charge >= 0.3 is 0 Å². The Morgan fingerprint density at radius 3 is 2.33 bits per heavy atom. The van der Waals surface area contributed by atoms with Crippen molar-refractivity contribution in [2.24, 2.45) is 0 Å². The van der Waals surface area contributed by atoms with Crippen LogP contribution in [0.25, 0.3) is 0 Å². The largest absolute Gasteiger partial charge is 0.389 e. The van der Waals surface area contributed by atoms with Crippen molar-refractivity contribution in [1.82, 2.24) is 9.80 Å². The molecule has 1 unspecified atom stereocenters. The van der Waals surface area contributed by atoms with Gasteiger partial charge in [0.1, 0.15) is 17.2 Å². The van der Waals surface area contributed by atoms with Crippen LogP contribution in [0, 0.1) is 11.6 Å². The number of benzene rings is 1. The molecule has 1 amide bonds. The van der Waals surface area contributed by atoms with Crippen LogP contribution >= 0.6 is 0 Å². The minimum absolute atomic E-state index is 0.0600. The molecular weight excluding hydrogens is 318 g/mol. The molecular formula is C17H24F2N2O3. The van der Waals surface area contributed by atoms with Crippen molar-refractivity contribution < 1.29 is 23.4 Å². The molecule has 2 rings (SSSR count). The molecule has 1 fully saturated rings. The Morgan fingerprint density at radius 1 is 1.21 bits per heavy atom. The van der Waals surface area contributed by atoms with Gasteiger partial charge in [-0.15, -0.1) is 0 Å². The predicted octanol–water partition coefficient (Wildman–Crippen LogP) is 1.51. The summed E-state index contributed by atoms with van der Waals surface area (Å²) in [6.07, 6.45) is -0.538. The molecule has 1 aromatic rings. The third kappa shape index (κ3) is 4.96. The van der Waals surface area contributed by atoms with E-state index >= 15 is 0 Å². The van der Waals surface area contributed by atoms with Crippen LogP contribution in [0.1, 0.15) is 24.2 Å². The fourth-order valence-corrected chi connectivity index (χ4v) is 2.65. The summed E-state index contributed by atoms with van der Waals surface area (Å²) in [5, 5.41) is 9.93. The van der Waals surface area contributed by atoms with E-state index < -0.39 is 29.2 Å². The Morgan fingerprint density at radius 2 is 1.79 bits per heavy atom. The zero-order chi connectivity index (χ0) is 17.7. The first-order valence-electron chi connectivity index (χ1n) is 8.13. The van der Waals surface area contributed by atoms with E-state index in [1.807, 2.05) is 18.7 Å². The number of rotatable bonds is 6. The summed E-state index contributed by atoms with van der Waals surface area (Å²) in [6.45, 7) is 6.33. The summed E-state index contributed by atoms with van der Waals surface area (Å²) >= 11 is 0. The molecule has 0 aliphatic carbocycles. The number of carbonyl (C=O) groups excluding carboxylic acids is 1. The monoisotopic (exact) mass is 342 g/mol. The van der Waals surface area contributed by atoms with E-state index in [9.17, 15) is 18.7 Å². The molecule has 0 aromatic heterocycles. The lowest BCUT2D eigenvalue weighted by atomic mass is 10.1. The van der Waals surface area contributed by atoms with Gasteiger partial charge in [0, 0.05) is 32.7 Å². The smallest absolute Gasteiger partial charge is 0.259 e. The van der Waals surface area contributed by atoms with Crippen LogP contribution in [0.15, 0.2) is 18.2 Å². The van der Waals surface area contributed by atoms with Gasteiger partial charge in [0.05, 0.1) is 18.8 Å². The highest BCUT2D eigenvalue weighted by atomic mass is 19.1. The van der Waals surface area contributed by atoms with Gasteiger partial charge in [-0.05, 0) is 26.0 Å². The summed E-state index contributed by atoms with van der Waals surface area (Å²) in [6, 6.07) is 3.40.